The van der Waals surface area contributed by atoms with E-state index in [1.807, 2.05) is 0 Å². The van der Waals surface area contributed by atoms with E-state index in [1.54, 1.807) is 44.2 Å². The van der Waals surface area contributed by atoms with Gasteiger partial charge in [-0.05, 0) is 38.1 Å². The SMILES string of the molecule is COc1ccccc1NS(=O)(=O)c1ccc(NN=C(C)c2ccc(C)c([N+](=O)[O-])c2)c([N+](=O)[O-])c1. The highest BCUT2D eigenvalue weighted by Crippen LogP contribution is 2.31. The van der Waals surface area contributed by atoms with Crippen LogP contribution < -0.4 is 14.9 Å². The monoisotopic (exact) mass is 499 g/mol. The van der Waals surface area contributed by atoms with E-state index in [-0.39, 0.29) is 27.7 Å². The van der Waals surface area contributed by atoms with Gasteiger partial charge in [0, 0.05) is 23.3 Å². The minimum absolute atomic E-state index is 0.0628. The van der Waals surface area contributed by atoms with Crippen LogP contribution in [0.15, 0.2) is 70.7 Å². The highest BCUT2D eigenvalue weighted by Gasteiger charge is 2.23. The van der Waals surface area contributed by atoms with Gasteiger partial charge in [-0.25, -0.2) is 8.42 Å². The number of hydrogen-bond acceptors (Lipinski definition) is 9. The lowest BCUT2D eigenvalue weighted by molar-refractivity contribution is -0.385. The Morgan fingerprint density at radius 3 is 2.29 bits per heavy atom. The van der Waals surface area contributed by atoms with E-state index in [9.17, 15) is 28.6 Å². The average molecular weight is 500 g/mol. The fourth-order valence-electron chi connectivity index (χ4n) is 3.10. The normalized spacial score (nSPS) is 11.6. The van der Waals surface area contributed by atoms with Crippen LogP contribution in [0.5, 0.6) is 5.75 Å². The van der Waals surface area contributed by atoms with Gasteiger partial charge in [-0.15, -0.1) is 0 Å². The highest BCUT2D eigenvalue weighted by atomic mass is 32.2. The molecule has 0 unspecified atom stereocenters. The maximum atomic E-state index is 12.8. The summed E-state index contributed by atoms with van der Waals surface area (Å²) in [5.74, 6) is 0.282. The second-order valence-electron chi connectivity index (χ2n) is 7.31. The fraction of sp³-hybridized carbons (Fsp3) is 0.136. The van der Waals surface area contributed by atoms with E-state index in [2.05, 4.69) is 15.2 Å². The molecule has 0 radical (unpaired) electrons. The largest absolute Gasteiger partial charge is 0.495 e. The molecule has 0 spiro atoms. The molecule has 3 aromatic rings. The van der Waals surface area contributed by atoms with E-state index in [0.717, 1.165) is 6.07 Å². The van der Waals surface area contributed by atoms with E-state index in [0.29, 0.717) is 16.8 Å². The first kappa shape index (κ1) is 25.1. The Kier molecular flexibility index (Phi) is 7.30. The Morgan fingerprint density at radius 2 is 1.63 bits per heavy atom. The second-order valence-corrected chi connectivity index (χ2v) is 8.99. The molecule has 0 aliphatic carbocycles. The summed E-state index contributed by atoms with van der Waals surface area (Å²) in [5.41, 5.74) is 3.30. The van der Waals surface area contributed by atoms with Gasteiger partial charge >= 0.3 is 0 Å². The van der Waals surface area contributed by atoms with Gasteiger partial charge in [-0.2, -0.15) is 5.10 Å². The van der Waals surface area contributed by atoms with Crippen molar-refractivity contribution in [1.29, 1.82) is 0 Å². The van der Waals surface area contributed by atoms with Gasteiger partial charge in [0.05, 0.1) is 33.3 Å². The van der Waals surface area contributed by atoms with Crippen molar-refractivity contribution < 1.29 is 23.0 Å². The van der Waals surface area contributed by atoms with Gasteiger partial charge in [-0.1, -0.05) is 24.3 Å². The first-order chi connectivity index (χ1) is 16.5. The van der Waals surface area contributed by atoms with Gasteiger partial charge in [0.1, 0.15) is 11.4 Å². The fourth-order valence-corrected chi connectivity index (χ4v) is 4.19. The maximum absolute atomic E-state index is 12.8. The first-order valence-electron chi connectivity index (χ1n) is 10.0. The molecule has 0 aromatic heterocycles. The zero-order valence-electron chi connectivity index (χ0n) is 18.9. The molecule has 13 heteroatoms. The lowest BCUT2D eigenvalue weighted by Crippen LogP contribution is -2.14. The molecule has 12 nitrogen and oxygen atoms in total. The van der Waals surface area contributed by atoms with Crippen molar-refractivity contribution in [2.45, 2.75) is 18.7 Å². The number of methoxy groups -OCH3 is 1. The van der Waals surface area contributed by atoms with Crippen LogP contribution in [-0.4, -0.2) is 31.1 Å². The molecule has 2 N–H and O–H groups in total. The molecule has 3 aromatic carbocycles. The summed E-state index contributed by atoms with van der Waals surface area (Å²) in [5, 5.41) is 26.9. The van der Waals surface area contributed by atoms with Gasteiger partial charge in [0.15, 0.2) is 0 Å². The summed E-state index contributed by atoms with van der Waals surface area (Å²) in [6, 6.07) is 14.2. The molecule has 35 heavy (non-hydrogen) atoms. The molecule has 0 heterocycles. The molecule has 0 saturated carbocycles. The number of nitro benzene ring substituents is 2. The smallest absolute Gasteiger partial charge is 0.295 e. The molecule has 182 valence electrons. The summed E-state index contributed by atoms with van der Waals surface area (Å²) in [7, 11) is -2.79. The summed E-state index contributed by atoms with van der Waals surface area (Å²) in [6.07, 6.45) is 0. The molecular weight excluding hydrogens is 478 g/mol. The van der Waals surface area contributed by atoms with E-state index >= 15 is 0 Å². The standard InChI is InChI=1S/C22H21N5O7S/c1-14-8-9-16(12-20(14)26(28)29)15(2)23-24-18-11-10-17(13-21(18)27(30)31)35(32,33)25-19-6-4-5-7-22(19)34-3/h4-13,24-25H,1-3H3. The molecule has 0 aliphatic heterocycles. The van der Waals surface area contributed by atoms with Gasteiger partial charge in [-0.3, -0.25) is 30.4 Å². The number of ether oxygens (including phenoxy) is 1. The van der Waals surface area contributed by atoms with Crippen LogP contribution in [0.4, 0.5) is 22.7 Å². The number of rotatable bonds is 9. The van der Waals surface area contributed by atoms with Gasteiger partial charge in [0.2, 0.25) is 0 Å². The van der Waals surface area contributed by atoms with Crippen LogP contribution in [0.2, 0.25) is 0 Å². The summed E-state index contributed by atoms with van der Waals surface area (Å²) in [4.78, 5) is 21.2. The number of hydrazone groups is 1. The third kappa shape index (κ3) is 5.70. The van der Waals surface area contributed by atoms with E-state index in [4.69, 9.17) is 4.74 Å². The second kappa shape index (κ2) is 10.2. The van der Waals surface area contributed by atoms with Gasteiger partial charge in [0.25, 0.3) is 21.4 Å². The molecule has 0 saturated heterocycles. The molecule has 0 aliphatic rings. The first-order valence-corrected chi connectivity index (χ1v) is 11.5. The molecule has 0 bridgehead atoms. The lowest BCUT2D eigenvalue weighted by Gasteiger charge is -2.12. The number of benzene rings is 3. The van der Waals surface area contributed by atoms with Crippen molar-refractivity contribution in [1.82, 2.24) is 0 Å². The molecule has 0 amide bonds. The average Bonchev–Trinajstić information content (AvgIpc) is 2.82. The number of sulfonamides is 1. The molecule has 0 fully saturated rings. The number of hydrogen-bond donors (Lipinski definition) is 2. The van der Waals surface area contributed by atoms with Crippen molar-refractivity contribution in [3.05, 3.63) is 92.0 Å². The number of para-hydroxylation sites is 2. The molecule has 0 atom stereocenters. The zero-order chi connectivity index (χ0) is 25.8. The van der Waals surface area contributed by atoms with Crippen LogP contribution in [0, 0.1) is 27.2 Å². The number of anilines is 2. The number of aryl methyl sites for hydroxylation is 1. The molecule has 3 rings (SSSR count). The highest BCUT2D eigenvalue weighted by molar-refractivity contribution is 7.92. The lowest BCUT2D eigenvalue weighted by atomic mass is 10.1. The van der Waals surface area contributed by atoms with Crippen molar-refractivity contribution in [3.8, 4) is 5.75 Å². The van der Waals surface area contributed by atoms with Crippen LogP contribution in [-0.2, 0) is 10.0 Å². The minimum atomic E-state index is -4.17. The van der Waals surface area contributed by atoms with Crippen LogP contribution in [0.1, 0.15) is 18.1 Å². The third-order valence-electron chi connectivity index (χ3n) is 5.00. The summed E-state index contributed by atoms with van der Waals surface area (Å²) >= 11 is 0. The van der Waals surface area contributed by atoms with Crippen molar-refractivity contribution in [2.24, 2.45) is 5.10 Å². The predicted octanol–water partition coefficient (Wildman–Crippen LogP) is 4.46. The van der Waals surface area contributed by atoms with Crippen LogP contribution in [0.25, 0.3) is 0 Å². The van der Waals surface area contributed by atoms with E-state index < -0.39 is 25.6 Å². The quantitative estimate of drug-likeness (QED) is 0.247. The maximum Gasteiger partial charge on any atom is 0.295 e. The van der Waals surface area contributed by atoms with Crippen LogP contribution >= 0.6 is 0 Å². The Balaban J connectivity index is 1.91. The van der Waals surface area contributed by atoms with Crippen molar-refractivity contribution >= 4 is 38.5 Å². The minimum Gasteiger partial charge on any atom is -0.495 e. The number of nitrogens with zero attached hydrogens (tertiary/aromatic N) is 3. The Hall–Kier alpha value is -4.52. The zero-order valence-corrected chi connectivity index (χ0v) is 19.7. The Morgan fingerprint density at radius 1 is 0.943 bits per heavy atom. The van der Waals surface area contributed by atoms with Crippen molar-refractivity contribution in [2.75, 3.05) is 17.3 Å². The Bertz CT molecular complexity index is 1440. The predicted molar refractivity (Wildman–Crippen MR) is 131 cm³/mol. The van der Waals surface area contributed by atoms with Gasteiger partial charge < -0.3 is 4.74 Å². The Labute approximate surface area is 200 Å². The third-order valence-corrected chi connectivity index (χ3v) is 6.36. The van der Waals surface area contributed by atoms with Crippen molar-refractivity contribution in [3.63, 3.8) is 0 Å². The molecular formula is C22H21N5O7S. The number of nitrogens with one attached hydrogen (secondary N) is 2. The summed E-state index contributed by atoms with van der Waals surface area (Å²) in [6.45, 7) is 3.18. The topological polar surface area (TPSA) is 166 Å². The van der Waals surface area contributed by atoms with E-state index in [1.165, 1.54) is 31.4 Å². The summed E-state index contributed by atoms with van der Waals surface area (Å²) < 4.78 is 33.1. The number of nitro groups is 2. The van der Waals surface area contributed by atoms with Crippen LogP contribution in [0.3, 0.4) is 0 Å².